The van der Waals surface area contributed by atoms with Crippen LogP contribution in [0.5, 0.6) is 0 Å². The van der Waals surface area contributed by atoms with Crippen molar-refractivity contribution < 1.29 is 9.21 Å². The molecule has 1 amide bonds. The molecule has 0 radical (unpaired) electrons. The number of thiazole rings is 1. The van der Waals surface area contributed by atoms with E-state index < -0.39 is 0 Å². The lowest BCUT2D eigenvalue weighted by molar-refractivity contribution is 0.0749. The number of aromatic nitrogens is 1. The standard InChI is InChI=1S/C19H19N3O2S/c1-22(14-9-10-20-12-14)19(23)17-16(13-6-3-2-4-7-13)21-18(25-17)15-8-5-11-24-15/h2-8,11,14,20H,9-10,12H2,1H3. The topological polar surface area (TPSA) is 58.4 Å². The zero-order valence-corrected chi connectivity index (χ0v) is 14.8. The van der Waals surface area contributed by atoms with E-state index in [2.05, 4.69) is 5.32 Å². The smallest absolute Gasteiger partial charge is 0.266 e. The molecule has 0 spiro atoms. The Morgan fingerprint density at radius 2 is 2.12 bits per heavy atom. The molecule has 2 aromatic heterocycles. The van der Waals surface area contributed by atoms with Crippen molar-refractivity contribution in [1.29, 1.82) is 0 Å². The quantitative estimate of drug-likeness (QED) is 0.780. The first-order chi connectivity index (χ1) is 12.2. The SMILES string of the molecule is CN(C(=O)c1sc(-c2ccco2)nc1-c1ccccc1)C1CCNC1. The fourth-order valence-corrected chi connectivity index (χ4v) is 4.10. The second-order valence-electron chi connectivity index (χ2n) is 6.10. The lowest BCUT2D eigenvalue weighted by Gasteiger charge is -2.23. The highest BCUT2D eigenvalue weighted by Crippen LogP contribution is 2.35. The summed E-state index contributed by atoms with van der Waals surface area (Å²) in [5.41, 5.74) is 1.66. The molecule has 1 aromatic carbocycles. The molecule has 0 aliphatic carbocycles. The van der Waals surface area contributed by atoms with Crippen molar-refractivity contribution in [3.8, 4) is 22.0 Å². The number of benzene rings is 1. The molecule has 128 valence electrons. The van der Waals surface area contributed by atoms with E-state index in [-0.39, 0.29) is 11.9 Å². The first-order valence-electron chi connectivity index (χ1n) is 8.32. The Morgan fingerprint density at radius 3 is 2.80 bits per heavy atom. The molecule has 1 fully saturated rings. The summed E-state index contributed by atoms with van der Waals surface area (Å²) in [4.78, 5) is 20.4. The zero-order chi connectivity index (χ0) is 17.2. The van der Waals surface area contributed by atoms with E-state index in [9.17, 15) is 4.79 Å². The second-order valence-corrected chi connectivity index (χ2v) is 7.10. The Balaban J connectivity index is 1.75. The number of rotatable bonds is 4. The number of nitrogens with zero attached hydrogens (tertiary/aromatic N) is 2. The average molecular weight is 353 g/mol. The van der Waals surface area contributed by atoms with E-state index in [0.717, 1.165) is 35.8 Å². The van der Waals surface area contributed by atoms with Crippen LogP contribution in [-0.2, 0) is 0 Å². The fourth-order valence-electron chi connectivity index (χ4n) is 3.06. The predicted octanol–water partition coefficient (Wildman–Crippen LogP) is 3.50. The lowest BCUT2D eigenvalue weighted by Crippen LogP contribution is -2.38. The summed E-state index contributed by atoms with van der Waals surface area (Å²) >= 11 is 1.39. The monoisotopic (exact) mass is 353 g/mol. The van der Waals surface area contributed by atoms with Gasteiger partial charge >= 0.3 is 0 Å². The molecule has 5 nitrogen and oxygen atoms in total. The molecule has 1 atom stereocenters. The van der Waals surface area contributed by atoms with E-state index >= 15 is 0 Å². The van der Waals surface area contributed by atoms with Gasteiger partial charge in [0.1, 0.15) is 4.88 Å². The van der Waals surface area contributed by atoms with Crippen LogP contribution in [0.2, 0.25) is 0 Å². The van der Waals surface area contributed by atoms with Gasteiger partial charge in [-0.2, -0.15) is 0 Å². The lowest BCUT2D eigenvalue weighted by atomic mass is 10.1. The van der Waals surface area contributed by atoms with Crippen molar-refractivity contribution >= 4 is 17.2 Å². The normalized spacial score (nSPS) is 16.9. The molecular formula is C19H19N3O2S. The van der Waals surface area contributed by atoms with E-state index in [0.29, 0.717) is 10.6 Å². The average Bonchev–Trinajstić information content (AvgIpc) is 3.42. The number of amides is 1. The van der Waals surface area contributed by atoms with Crippen molar-refractivity contribution in [3.05, 3.63) is 53.6 Å². The first kappa shape index (κ1) is 16.1. The van der Waals surface area contributed by atoms with Gasteiger partial charge < -0.3 is 14.6 Å². The van der Waals surface area contributed by atoms with Crippen molar-refractivity contribution in [2.24, 2.45) is 0 Å². The molecule has 1 saturated heterocycles. The van der Waals surface area contributed by atoms with Crippen LogP contribution in [-0.4, -0.2) is 42.0 Å². The van der Waals surface area contributed by atoms with E-state index in [4.69, 9.17) is 9.40 Å². The number of nitrogens with one attached hydrogen (secondary N) is 1. The number of hydrogen-bond donors (Lipinski definition) is 1. The van der Waals surface area contributed by atoms with Crippen LogP contribution < -0.4 is 5.32 Å². The molecule has 25 heavy (non-hydrogen) atoms. The minimum absolute atomic E-state index is 0.0165. The predicted molar refractivity (Wildman–Crippen MR) is 98.6 cm³/mol. The van der Waals surface area contributed by atoms with Crippen LogP contribution >= 0.6 is 11.3 Å². The number of carbonyl (C=O) groups is 1. The molecule has 6 heteroatoms. The number of hydrogen-bond acceptors (Lipinski definition) is 5. The summed E-state index contributed by atoms with van der Waals surface area (Å²) in [6.07, 6.45) is 2.60. The van der Waals surface area contributed by atoms with Gasteiger partial charge in [-0.15, -0.1) is 11.3 Å². The molecule has 4 rings (SSSR count). The van der Waals surface area contributed by atoms with Crippen molar-refractivity contribution in [1.82, 2.24) is 15.2 Å². The van der Waals surface area contributed by atoms with Gasteiger partial charge in [0.05, 0.1) is 12.0 Å². The third kappa shape index (κ3) is 3.10. The van der Waals surface area contributed by atoms with Crippen molar-refractivity contribution in [2.45, 2.75) is 12.5 Å². The highest BCUT2D eigenvalue weighted by molar-refractivity contribution is 7.17. The Morgan fingerprint density at radius 1 is 1.28 bits per heavy atom. The molecule has 0 bridgehead atoms. The molecule has 1 N–H and O–H groups in total. The summed E-state index contributed by atoms with van der Waals surface area (Å²) in [6.45, 7) is 1.79. The van der Waals surface area contributed by atoms with Crippen LogP contribution in [0.15, 0.2) is 53.1 Å². The summed E-state index contributed by atoms with van der Waals surface area (Å²) in [7, 11) is 1.88. The number of likely N-dealkylation sites (N-methyl/N-ethyl adjacent to an activating group) is 1. The van der Waals surface area contributed by atoms with E-state index in [1.165, 1.54) is 11.3 Å². The third-order valence-electron chi connectivity index (χ3n) is 4.50. The summed E-state index contributed by atoms with van der Waals surface area (Å²) in [6, 6.07) is 13.8. The largest absolute Gasteiger partial charge is 0.462 e. The molecule has 1 aliphatic heterocycles. The molecule has 1 aliphatic rings. The summed E-state index contributed by atoms with van der Waals surface area (Å²) in [5, 5.41) is 4.04. The Hall–Kier alpha value is -2.44. The maximum absolute atomic E-state index is 13.1. The van der Waals surface area contributed by atoms with Gasteiger partial charge in [-0.25, -0.2) is 4.98 Å². The van der Waals surface area contributed by atoms with Crippen molar-refractivity contribution in [3.63, 3.8) is 0 Å². The minimum Gasteiger partial charge on any atom is -0.462 e. The third-order valence-corrected chi connectivity index (χ3v) is 5.56. The van der Waals surface area contributed by atoms with E-state index in [1.54, 1.807) is 6.26 Å². The van der Waals surface area contributed by atoms with Crippen LogP contribution in [0.4, 0.5) is 0 Å². The maximum Gasteiger partial charge on any atom is 0.266 e. The zero-order valence-electron chi connectivity index (χ0n) is 13.9. The molecule has 0 saturated carbocycles. The molecule has 1 unspecified atom stereocenters. The number of carbonyl (C=O) groups excluding carboxylic acids is 1. The van der Waals surface area contributed by atoms with Crippen LogP contribution in [0.3, 0.4) is 0 Å². The molecule has 3 aromatic rings. The van der Waals surface area contributed by atoms with Crippen LogP contribution in [0.25, 0.3) is 22.0 Å². The number of furan rings is 1. The Labute approximate surface area is 150 Å². The maximum atomic E-state index is 13.1. The summed E-state index contributed by atoms with van der Waals surface area (Å²) in [5.74, 6) is 0.703. The molecular weight excluding hydrogens is 334 g/mol. The van der Waals surface area contributed by atoms with Gasteiger partial charge in [0.15, 0.2) is 10.8 Å². The Kier molecular flexibility index (Phi) is 4.38. The van der Waals surface area contributed by atoms with Gasteiger partial charge in [0.25, 0.3) is 5.91 Å². The van der Waals surface area contributed by atoms with Gasteiger partial charge in [-0.3, -0.25) is 4.79 Å². The fraction of sp³-hybridized carbons (Fsp3) is 0.263. The molecule has 3 heterocycles. The highest BCUT2D eigenvalue weighted by Gasteiger charge is 2.28. The second kappa shape index (κ2) is 6.82. The summed E-state index contributed by atoms with van der Waals surface area (Å²) < 4.78 is 5.48. The Bertz CT molecular complexity index is 852. The van der Waals surface area contributed by atoms with Crippen LogP contribution in [0, 0.1) is 0 Å². The van der Waals surface area contributed by atoms with Gasteiger partial charge in [0, 0.05) is 25.2 Å². The first-order valence-corrected chi connectivity index (χ1v) is 9.13. The van der Waals surface area contributed by atoms with Crippen LogP contribution in [0.1, 0.15) is 16.1 Å². The van der Waals surface area contributed by atoms with Gasteiger partial charge in [-0.1, -0.05) is 30.3 Å². The van der Waals surface area contributed by atoms with Gasteiger partial charge in [-0.05, 0) is 25.1 Å². The van der Waals surface area contributed by atoms with Gasteiger partial charge in [0.2, 0.25) is 0 Å². The highest BCUT2D eigenvalue weighted by atomic mass is 32.1. The van der Waals surface area contributed by atoms with Crippen molar-refractivity contribution in [2.75, 3.05) is 20.1 Å². The minimum atomic E-state index is 0.0165. The van der Waals surface area contributed by atoms with E-state index in [1.807, 2.05) is 54.4 Å².